The van der Waals surface area contributed by atoms with Gasteiger partial charge in [-0.25, -0.2) is 0 Å². The summed E-state index contributed by atoms with van der Waals surface area (Å²) in [5.74, 6) is 0.725. The summed E-state index contributed by atoms with van der Waals surface area (Å²) < 4.78 is 5.06. The number of thiophene rings is 1. The summed E-state index contributed by atoms with van der Waals surface area (Å²) in [5, 5.41) is 22.4. The van der Waals surface area contributed by atoms with Gasteiger partial charge in [-0.1, -0.05) is 12.1 Å². The summed E-state index contributed by atoms with van der Waals surface area (Å²) in [5.41, 5.74) is 0.904. The molecular formula is C13H13NO4S. The molecule has 0 spiro atoms. The van der Waals surface area contributed by atoms with Gasteiger partial charge in [-0.2, -0.15) is 0 Å². The van der Waals surface area contributed by atoms with Crippen LogP contribution in [0.25, 0.3) is 0 Å². The van der Waals surface area contributed by atoms with Gasteiger partial charge in [0.05, 0.1) is 18.1 Å². The fourth-order valence-electron chi connectivity index (χ4n) is 1.69. The molecule has 1 unspecified atom stereocenters. The highest BCUT2D eigenvalue weighted by Gasteiger charge is 2.13. The van der Waals surface area contributed by atoms with Crippen molar-refractivity contribution in [3.63, 3.8) is 0 Å². The molecule has 0 aliphatic heterocycles. The molecule has 100 valence electrons. The molecule has 1 N–H and O–H groups in total. The van der Waals surface area contributed by atoms with E-state index in [0.717, 1.165) is 16.2 Å². The topological polar surface area (TPSA) is 72.6 Å². The van der Waals surface area contributed by atoms with Gasteiger partial charge in [0.25, 0.3) is 5.69 Å². The lowest BCUT2D eigenvalue weighted by Gasteiger charge is -2.08. The van der Waals surface area contributed by atoms with Crippen LogP contribution >= 0.6 is 11.3 Å². The van der Waals surface area contributed by atoms with E-state index in [2.05, 4.69) is 0 Å². The number of hydrogen-bond donors (Lipinski definition) is 1. The number of aliphatic hydroxyl groups excluding tert-OH is 1. The highest BCUT2D eigenvalue weighted by molar-refractivity contribution is 7.10. The number of ether oxygens (including phenoxy) is 1. The lowest BCUT2D eigenvalue weighted by Crippen LogP contribution is -1.99. The Balaban J connectivity index is 2.05. The third-order valence-electron chi connectivity index (χ3n) is 2.74. The zero-order valence-corrected chi connectivity index (χ0v) is 11.1. The van der Waals surface area contributed by atoms with Crippen molar-refractivity contribution in [2.45, 2.75) is 12.5 Å². The number of methoxy groups -OCH3 is 1. The number of nitrogens with zero attached hydrogens (tertiary/aromatic N) is 1. The quantitative estimate of drug-likeness (QED) is 0.674. The molecule has 1 atom stereocenters. The number of rotatable bonds is 5. The van der Waals surface area contributed by atoms with Gasteiger partial charge in [-0.3, -0.25) is 10.1 Å². The van der Waals surface area contributed by atoms with Crippen LogP contribution in [-0.2, 0) is 6.42 Å². The highest BCUT2D eigenvalue weighted by atomic mass is 32.1. The average molecular weight is 279 g/mol. The van der Waals surface area contributed by atoms with Crippen LogP contribution in [0.5, 0.6) is 5.75 Å². The maximum Gasteiger partial charge on any atom is 0.269 e. The second-order valence-electron chi connectivity index (χ2n) is 4.03. The van der Waals surface area contributed by atoms with Crippen LogP contribution in [-0.4, -0.2) is 17.1 Å². The first kappa shape index (κ1) is 13.5. The zero-order chi connectivity index (χ0) is 13.8. The fraction of sp³-hybridized carbons (Fsp3) is 0.231. The minimum absolute atomic E-state index is 0.0519. The zero-order valence-electron chi connectivity index (χ0n) is 10.3. The number of aliphatic hydroxyl groups is 1. The van der Waals surface area contributed by atoms with E-state index in [4.69, 9.17) is 4.74 Å². The van der Waals surface area contributed by atoms with E-state index in [1.165, 1.54) is 23.5 Å². The van der Waals surface area contributed by atoms with Crippen LogP contribution in [0.15, 0.2) is 35.7 Å². The van der Waals surface area contributed by atoms with Gasteiger partial charge < -0.3 is 9.84 Å². The molecule has 0 saturated heterocycles. The molecule has 2 aromatic rings. The van der Waals surface area contributed by atoms with E-state index in [1.807, 2.05) is 5.38 Å². The molecule has 0 bridgehead atoms. The maximum absolute atomic E-state index is 10.5. The Morgan fingerprint density at radius 2 is 2.11 bits per heavy atom. The number of nitro benzene ring substituents is 1. The Bertz CT molecular complexity index is 564. The number of hydrogen-bond acceptors (Lipinski definition) is 5. The van der Waals surface area contributed by atoms with E-state index in [0.29, 0.717) is 6.42 Å². The lowest BCUT2D eigenvalue weighted by atomic mass is 10.1. The second-order valence-corrected chi connectivity index (χ2v) is 4.98. The molecule has 0 fully saturated rings. The van der Waals surface area contributed by atoms with Crippen LogP contribution < -0.4 is 4.74 Å². The molecule has 1 heterocycles. The standard InChI is InChI=1S/C13H13NO4S/c1-18-11-7-13(19-8-11)12(15)6-9-2-4-10(5-3-9)14(16)17/h2-5,7-8,12,15H,6H2,1H3. The first-order valence-corrected chi connectivity index (χ1v) is 6.52. The molecule has 5 nitrogen and oxygen atoms in total. The molecule has 0 radical (unpaired) electrons. The predicted molar refractivity (Wildman–Crippen MR) is 72.6 cm³/mol. The summed E-state index contributed by atoms with van der Waals surface area (Å²) in [6.45, 7) is 0. The van der Waals surface area contributed by atoms with Crippen LogP contribution in [0, 0.1) is 10.1 Å². The van der Waals surface area contributed by atoms with Gasteiger partial charge in [0, 0.05) is 28.8 Å². The first-order chi connectivity index (χ1) is 9.10. The average Bonchev–Trinajstić information content (AvgIpc) is 2.88. The molecule has 0 aliphatic carbocycles. The highest BCUT2D eigenvalue weighted by Crippen LogP contribution is 2.29. The minimum atomic E-state index is -0.629. The molecule has 0 saturated carbocycles. The Morgan fingerprint density at radius 3 is 2.63 bits per heavy atom. The van der Waals surface area contributed by atoms with Crippen LogP contribution in [0.1, 0.15) is 16.5 Å². The van der Waals surface area contributed by atoms with Crippen LogP contribution in [0.4, 0.5) is 5.69 Å². The number of benzene rings is 1. The summed E-state index contributed by atoms with van der Waals surface area (Å²) in [6.07, 6.45) is -0.211. The van der Waals surface area contributed by atoms with E-state index in [9.17, 15) is 15.2 Å². The molecule has 1 aromatic heterocycles. The Morgan fingerprint density at radius 1 is 1.42 bits per heavy atom. The van der Waals surface area contributed by atoms with Crippen LogP contribution in [0.3, 0.4) is 0 Å². The largest absolute Gasteiger partial charge is 0.496 e. The van der Waals surface area contributed by atoms with Crippen molar-refractivity contribution < 1.29 is 14.8 Å². The van der Waals surface area contributed by atoms with Crippen molar-refractivity contribution in [3.05, 3.63) is 56.3 Å². The molecule has 2 rings (SSSR count). The summed E-state index contributed by atoms with van der Waals surface area (Å²) >= 11 is 1.43. The smallest absolute Gasteiger partial charge is 0.269 e. The number of nitro groups is 1. The number of non-ortho nitro benzene ring substituents is 1. The van der Waals surface area contributed by atoms with Gasteiger partial charge in [0.1, 0.15) is 5.75 Å². The minimum Gasteiger partial charge on any atom is -0.496 e. The Kier molecular flexibility index (Phi) is 4.13. The molecule has 0 amide bonds. The monoisotopic (exact) mass is 279 g/mol. The summed E-state index contributed by atoms with van der Waals surface area (Å²) in [4.78, 5) is 10.9. The predicted octanol–water partition coefficient (Wildman–Crippen LogP) is 2.94. The third-order valence-corrected chi connectivity index (χ3v) is 3.75. The molecule has 19 heavy (non-hydrogen) atoms. The van der Waals surface area contributed by atoms with Gasteiger partial charge in [-0.15, -0.1) is 11.3 Å². The van der Waals surface area contributed by atoms with E-state index >= 15 is 0 Å². The van der Waals surface area contributed by atoms with Crippen LogP contribution in [0.2, 0.25) is 0 Å². The van der Waals surface area contributed by atoms with Gasteiger partial charge >= 0.3 is 0 Å². The second kappa shape index (κ2) is 5.81. The lowest BCUT2D eigenvalue weighted by molar-refractivity contribution is -0.384. The normalized spacial score (nSPS) is 12.1. The van der Waals surface area contributed by atoms with E-state index < -0.39 is 11.0 Å². The maximum atomic E-state index is 10.5. The van der Waals surface area contributed by atoms with Crippen molar-refractivity contribution in [2.24, 2.45) is 0 Å². The first-order valence-electron chi connectivity index (χ1n) is 5.64. The molecular weight excluding hydrogens is 266 g/mol. The Hall–Kier alpha value is -1.92. The van der Waals surface area contributed by atoms with Crippen molar-refractivity contribution in [1.29, 1.82) is 0 Å². The van der Waals surface area contributed by atoms with Crippen molar-refractivity contribution in [3.8, 4) is 5.75 Å². The van der Waals surface area contributed by atoms with Gasteiger partial charge in [0.2, 0.25) is 0 Å². The van der Waals surface area contributed by atoms with Gasteiger partial charge in [-0.05, 0) is 11.6 Å². The SMILES string of the molecule is COc1csc(C(O)Cc2ccc([N+](=O)[O-])cc2)c1. The molecule has 6 heteroatoms. The summed E-state index contributed by atoms with van der Waals surface area (Å²) in [6, 6.07) is 7.99. The summed E-state index contributed by atoms with van der Waals surface area (Å²) in [7, 11) is 1.58. The Labute approximate surface area is 114 Å². The molecule has 1 aromatic carbocycles. The van der Waals surface area contributed by atoms with Crippen molar-refractivity contribution in [2.75, 3.05) is 7.11 Å². The van der Waals surface area contributed by atoms with Crippen molar-refractivity contribution >= 4 is 17.0 Å². The van der Waals surface area contributed by atoms with E-state index in [1.54, 1.807) is 25.3 Å². The third kappa shape index (κ3) is 3.30. The van der Waals surface area contributed by atoms with Gasteiger partial charge in [0.15, 0.2) is 0 Å². The van der Waals surface area contributed by atoms with E-state index in [-0.39, 0.29) is 5.69 Å². The molecule has 0 aliphatic rings. The fourth-order valence-corrected chi connectivity index (χ4v) is 2.53. The van der Waals surface area contributed by atoms with Crippen molar-refractivity contribution in [1.82, 2.24) is 0 Å².